The van der Waals surface area contributed by atoms with Gasteiger partial charge in [0.2, 0.25) is 5.76 Å². The Kier molecular flexibility index (Phi) is 17.5. The Morgan fingerprint density at radius 1 is 1.04 bits per heavy atom. The van der Waals surface area contributed by atoms with Gasteiger partial charge in [0.15, 0.2) is 5.79 Å². The molecule has 1 saturated heterocycles. The number of carbonyl (C=O) groups excluding carboxylic acids is 2. The minimum atomic E-state index is -1.45. The van der Waals surface area contributed by atoms with Crippen LogP contribution in [0.5, 0.6) is 0 Å². The molecule has 0 amide bonds. The standard InChI is InChI=1S/C40H62O12/c1-22(2)37-27(7)32(50-34(43)17-16-33(41)42)21-40(49-12,52-37)29(9)36(45)28(8)38-30(47-10)15-13-14-23(3)18-25(5)35(44)26(6)19-24(4)20-31(48-11)39(46)51-38/h13-17,19-20,22,25-30,32,35-38,44-45H,18,21H2,1-12H3,(H,41,42)/b15-13+,17-16+,23-14+,24-19+,31-20-/t25-,26-,27+,28-,29+,30-,32-,35-,36+,37-,38+,40-/m1/s1. The zero-order valence-corrected chi connectivity index (χ0v) is 32.9. The largest absolute Gasteiger partial charge is 0.490 e. The van der Waals surface area contributed by atoms with Gasteiger partial charge < -0.3 is 43.7 Å². The number of rotatable bonds is 11. The molecule has 0 bridgehead atoms. The van der Waals surface area contributed by atoms with E-state index in [1.54, 1.807) is 26.0 Å². The van der Waals surface area contributed by atoms with Gasteiger partial charge in [-0.1, -0.05) is 83.9 Å². The summed E-state index contributed by atoms with van der Waals surface area (Å²) in [5.41, 5.74) is 1.74. The molecule has 0 aliphatic carbocycles. The van der Waals surface area contributed by atoms with E-state index in [9.17, 15) is 24.6 Å². The van der Waals surface area contributed by atoms with Crippen molar-refractivity contribution in [3.8, 4) is 0 Å². The number of methoxy groups -OCH3 is 3. The molecule has 2 heterocycles. The lowest BCUT2D eigenvalue weighted by Crippen LogP contribution is -2.60. The van der Waals surface area contributed by atoms with Crippen molar-refractivity contribution in [1.82, 2.24) is 0 Å². The number of carbonyl (C=O) groups is 3. The van der Waals surface area contributed by atoms with E-state index < -0.39 is 72.2 Å². The molecule has 2 rings (SSSR count). The van der Waals surface area contributed by atoms with E-state index in [2.05, 4.69) is 0 Å². The highest BCUT2D eigenvalue weighted by Gasteiger charge is 2.54. The van der Waals surface area contributed by atoms with E-state index in [-0.39, 0.29) is 35.9 Å². The molecule has 1 fully saturated rings. The second-order valence-corrected chi connectivity index (χ2v) is 14.8. The van der Waals surface area contributed by atoms with Crippen LogP contribution in [0, 0.1) is 35.5 Å². The van der Waals surface area contributed by atoms with Crippen LogP contribution in [0.3, 0.4) is 0 Å². The molecule has 2 aliphatic rings. The Balaban J connectivity index is 2.59. The first-order valence-corrected chi connectivity index (χ1v) is 18.0. The smallest absolute Gasteiger partial charge is 0.373 e. The number of aliphatic carboxylic acids is 1. The average molecular weight is 735 g/mol. The fourth-order valence-electron chi connectivity index (χ4n) is 7.30. The van der Waals surface area contributed by atoms with E-state index >= 15 is 0 Å². The molecule has 2 aliphatic heterocycles. The topological polar surface area (TPSA) is 167 Å². The molecular weight excluding hydrogens is 672 g/mol. The number of allylic oxidation sites excluding steroid dienone is 5. The third kappa shape index (κ3) is 11.9. The summed E-state index contributed by atoms with van der Waals surface area (Å²) in [5.74, 6) is -6.48. The third-order valence-electron chi connectivity index (χ3n) is 10.4. The van der Waals surface area contributed by atoms with Crippen LogP contribution in [-0.4, -0.2) is 97.0 Å². The summed E-state index contributed by atoms with van der Waals surface area (Å²) in [6.45, 7) is 17.0. The zero-order chi connectivity index (χ0) is 39.5. The quantitative estimate of drug-likeness (QED) is 0.180. The van der Waals surface area contributed by atoms with Gasteiger partial charge in [0.05, 0.1) is 25.4 Å². The zero-order valence-electron chi connectivity index (χ0n) is 32.9. The van der Waals surface area contributed by atoms with Gasteiger partial charge in [-0.3, -0.25) is 0 Å². The number of esters is 2. The van der Waals surface area contributed by atoms with Crippen molar-refractivity contribution < 1.29 is 58.1 Å². The van der Waals surface area contributed by atoms with Crippen LogP contribution in [0.4, 0.5) is 0 Å². The lowest BCUT2D eigenvalue weighted by molar-refractivity contribution is -0.339. The van der Waals surface area contributed by atoms with Crippen molar-refractivity contribution in [1.29, 1.82) is 0 Å². The number of carboxylic acid groups (broad SMARTS) is 1. The van der Waals surface area contributed by atoms with Crippen molar-refractivity contribution in [3.05, 3.63) is 59.4 Å². The molecule has 12 heteroatoms. The number of hydrogen-bond donors (Lipinski definition) is 3. The number of carboxylic acids is 1. The fraction of sp³-hybridized carbons (Fsp3) is 0.675. The van der Waals surface area contributed by atoms with Crippen molar-refractivity contribution in [2.24, 2.45) is 35.5 Å². The van der Waals surface area contributed by atoms with Gasteiger partial charge in [-0.15, -0.1) is 0 Å². The molecule has 3 N–H and O–H groups in total. The van der Waals surface area contributed by atoms with Gasteiger partial charge in [0.1, 0.15) is 18.3 Å². The maximum atomic E-state index is 13.7. The molecule has 0 radical (unpaired) electrons. The monoisotopic (exact) mass is 734 g/mol. The molecule has 294 valence electrons. The Bertz CT molecular complexity index is 1360. The van der Waals surface area contributed by atoms with Crippen molar-refractivity contribution in [3.63, 3.8) is 0 Å². The fourth-order valence-corrected chi connectivity index (χ4v) is 7.30. The van der Waals surface area contributed by atoms with Crippen LogP contribution in [0.15, 0.2) is 59.4 Å². The van der Waals surface area contributed by atoms with Gasteiger partial charge in [0, 0.05) is 56.5 Å². The maximum Gasteiger partial charge on any atom is 0.373 e. The molecule has 0 aromatic carbocycles. The highest BCUT2D eigenvalue weighted by atomic mass is 16.7. The first-order valence-electron chi connectivity index (χ1n) is 18.0. The number of hydrogen-bond acceptors (Lipinski definition) is 11. The van der Waals surface area contributed by atoms with Crippen LogP contribution in [-0.2, 0) is 42.8 Å². The maximum absolute atomic E-state index is 13.7. The first-order chi connectivity index (χ1) is 24.3. The molecule has 52 heavy (non-hydrogen) atoms. The normalized spacial score (nSPS) is 36.6. The van der Waals surface area contributed by atoms with Crippen molar-refractivity contribution in [2.45, 2.75) is 118 Å². The van der Waals surface area contributed by atoms with Crippen LogP contribution in [0.25, 0.3) is 0 Å². The number of aliphatic hydroxyl groups excluding tert-OH is 2. The van der Waals surface area contributed by atoms with Crippen LogP contribution < -0.4 is 0 Å². The molecule has 0 aromatic heterocycles. The Morgan fingerprint density at radius 2 is 1.69 bits per heavy atom. The number of aliphatic hydroxyl groups is 2. The summed E-state index contributed by atoms with van der Waals surface area (Å²) in [6, 6.07) is 0. The summed E-state index contributed by atoms with van der Waals surface area (Å²) >= 11 is 0. The molecule has 0 aromatic rings. The Labute approximate surface area is 309 Å². The minimum Gasteiger partial charge on any atom is -0.490 e. The van der Waals surface area contributed by atoms with Crippen LogP contribution >= 0.6 is 0 Å². The van der Waals surface area contributed by atoms with E-state index in [0.29, 0.717) is 18.1 Å². The molecule has 0 saturated carbocycles. The number of cyclic esters (lactones) is 1. The predicted molar refractivity (Wildman–Crippen MR) is 196 cm³/mol. The molecule has 12 nitrogen and oxygen atoms in total. The van der Waals surface area contributed by atoms with Gasteiger partial charge in [-0.2, -0.15) is 0 Å². The summed E-state index contributed by atoms with van der Waals surface area (Å²) < 4.78 is 35.9. The van der Waals surface area contributed by atoms with E-state index in [1.165, 1.54) is 21.3 Å². The van der Waals surface area contributed by atoms with Crippen LogP contribution in [0.1, 0.15) is 75.2 Å². The lowest BCUT2D eigenvalue weighted by atomic mass is 9.76. The van der Waals surface area contributed by atoms with E-state index in [0.717, 1.165) is 11.6 Å². The van der Waals surface area contributed by atoms with Crippen LogP contribution in [0.2, 0.25) is 0 Å². The summed E-state index contributed by atoms with van der Waals surface area (Å²) in [6.07, 6.45) is 6.35. The Morgan fingerprint density at radius 3 is 2.25 bits per heavy atom. The lowest BCUT2D eigenvalue weighted by Gasteiger charge is -2.51. The summed E-state index contributed by atoms with van der Waals surface area (Å²) in [5, 5.41) is 32.1. The van der Waals surface area contributed by atoms with Gasteiger partial charge in [-0.25, -0.2) is 14.4 Å². The van der Waals surface area contributed by atoms with Gasteiger partial charge >= 0.3 is 17.9 Å². The first kappa shape index (κ1) is 44.9. The highest BCUT2D eigenvalue weighted by molar-refractivity contribution is 5.90. The summed E-state index contributed by atoms with van der Waals surface area (Å²) in [4.78, 5) is 37.3. The van der Waals surface area contributed by atoms with Crippen molar-refractivity contribution >= 4 is 17.9 Å². The average Bonchev–Trinajstić information content (AvgIpc) is 3.09. The molecule has 12 atom stereocenters. The van der Waals surface area contributed by atoms with E-state index in [1.807, 2.05) is 66.7 Å². The second kappa shape index (κ2) is 20.2. The van der Waals surface area contributed by atoms with Crippen molar-refractivity contribution in [2.75, 3.05) is 21.3 Å². The second-order valence-electron chi connectivity index (χ2n) is 14.8. The summed E-state index contributed by atoms with van der Waals surface area (Å²) in [7, 11) is 4.31. The molecular formula is C40H62O12. The third-order valence-corrected chi connectivity index (χ3v) is 10.4. The molecule has 0 spiro atoms. The van der Waals surface area contributed by atoms with Gasteiger partial charge in [0.25, 0.3) is 0 Å². The highest BCUT2D eigenvalue weighted by Crippen LogP contribution is 2.44. The SMILES string of the molecule is CO/C1=C\C(C)=C\[C@@H](C)[C@H](O)[C@H](C)C/C(C)=C/C=C/[C@@H](OC)[C@H]([C@H](C)[C@H](O)[C@H](C)[C@@]2(OC)C[C@@H](OC(=O)/C=C/C(=O)O)[C@H](C)[C@@H](C(C)C)O2)OC1=O. The minimum absolute atomic E-state index is 0.0345. The molecule has 0 unspecified atom stereocenters. The number of ether oxygens (including phenoxy) is 6. The van der Waals surface area contributed by atoms with Gasteiger partial charge in [-0.05, 0) is 38.2 Å². The predicted octanol–water partition coefficient (Wildman–Crippen LogP) is 5.54. The van der Waals surface area contributed by atoms with E-state index in [4.69, 9.17) is 33.5 Å². The Hall–Kier alpha value is -3.29.